The highest BCUT2D eigenvalue weighted by Crippen LogP contribution is 2.29. The predicted octanol–water partition coefficient (Wildman–Crippen LogP) is 4.08. The number of hydrogen-bond acceptors (Lipinski definition) is 0. The molecule has 0 saturated heterocycles. The van der Waals surface area contributed by atoms with Crippen molar-refractivity contribution < 1.29 is 13.2 Å². The minimum Gasteiger partial charge on any atom is -0.207 e. The van der Waals surface area contributed by atoms with Gasteiger partial charge in [0.05, 0.1) is 0 Å². The molecule has 1 rings (SSSR count). The fourth-order valence-electron chi connectivity index (χ4n) is 1.41. The molecule has 0 fully saturated rings. The molecule has 0 radical (unpaired) electrons. The van der Waals surface area contributed by atoms with E-state index in [2.05, 4.69) is 0 Å². The Morgan fingerprint density at radius 1 is 1.13 bits per heavy atom. The van der Waals surface area contributed by atoms with Crippen molar-refractivity contribution in [2.45, 2.75) is 19.8 Å². The lowest BCUT2D eigenvalue weighted by Crippen LogP contribution is -2.12. The molecule has 4 heteroatoms. The van der Waals surface area contributed by atoms with Crippen molar-refractivity contribution in [3.63, 3.8) is 0 Å². The summed E-state index contributed by atoms with van der Waals surface area (Å²) in [7, 11) is 0. The molecule has 0 aromatic heterocycles. The zero-order valence-corrected chi connectivity index (χ0v) is 9.28. The second-order valence-electron chi connectivity index (χ2n) is 3.70. The average molecular weight is 237 g/mol. The molecule has 0 spiro atoms. The molecule has 0 bridgehead atoms. The van der Waals surface area contributed by atoms with Crippen molar-refractivity contribution in [3.05, 3.63) is 35.1 Å². The Balaban J connectivity index is 3.13. The van der Waals surface area contributed by atoms with Crippen LogP contribution in [0.3, 0.4) is 0 Å². The molecule has 84 valence electrons. The van der Waals surface area contributed by atoms with Crippen LogP contribution in [0.2, 0.25) is 0 Å². The summed E-state index contributed by atoms with van der Waals surface area (Å²) in [6, 6.07) is 1.38. The van der Waals surface area contributed by atoms with Crippen LogP contribution in [0, 0.1) is 23.4 Å². The second-order valence-corrected chi connectivity index (χ2v) is 4.01. The molecular formula is C11H12ClF3. The summed E-state index contributed by atoms with van der Waals surface area (Å²) in [5, 5.41) is 0. The third-order valence-corrected chi connectivity index (χ3v) is 3.08. The fraction of sp³-hybridized carbons (Fsp3) is 0.455. The van der Waals surface area contributed by atoms with Crippen LogP contribution in [0.15, 0.2) is 12.1 Å². The molecule has 0 aliphatic rings. The molecule has 0 aliphatic heterocycles. The molecule has 0 saturated carbocycles. The van der Waals surface area contributed by atoms with Crippen molar-refractivity contribution in [2.75, 3.05) is 5.88 Å². The highest BCUT2D eigenvalue weighted by atomic mass is 35.5. The lowest BCUT2D eigenvalue weighted by atomic mass is 9.89. The van der Waals surface area contributed by atoms with Gasteiger partial charge < -0.3 is 0 Å². The van der Waals surface area contributed by atoms with E-state index in [0.29, 0.717) is 18.0 Å². The van der Waals surface area contributed by atoms with Crippen LogP contribution in [0.25, 0.3) is 0 Å². The summed E-state index contributed by atoms with van der Waals surface area (Å²) in [6.45, 7) is 3.46. The third-order valence-electron chi connectivity index (χ3n) is 2.60. The SMILES string of the molecule is CC(CCl)[C@@H](C)c1c(F)cc(F)cc1F. The van der Waals surface area contributed by atoms with E-state index in [-0.39, 0.29) is 17.4 Å². The molecule has 0 nitrogen and oxygen atoms in total. The van der Waals surface area contributed by atoms with Gasteiger partial charge in [-0.1, -0.05) is 13.8 Å². The van der Waals surface area contributed by atoms with Crippen molar-refractivity contribution in [1.82, 2.24) is 0 Å². The highest BCUT2D eigenvalue weighted by Gasteiger charge is 2.21. The van der Waals surface area contributed by atoms with Gasteiger partial charge >= 0.3 is 0 Å². The Morgan fingerprint density at radius 3 is 2.00 bits per heavy atom. The topological polar surface area (TPSA) is 0 Å². The summed E-state index contributed by atoms with van der Waals surface area (Å²) in [6.07, 6.45) is 0. The first-order valence-electron chi connectivity index (χ1n) is 4.67. The Morgan fingerprint density at radius 2 is 1.60 bits per heavy atom. The lowest BCUT2D eigenvalue weighted by Gasteiger charge is -2.19. The van der Waals surface area contributed by atoms with Gasteiger partial charge in [0.2, 0.25) is 0 Å². The number of benzene rings is 1. The molecule has 1 aromatic carbocycles. The van der Waals surface area contributed by atoms with Gasteiger partial charge in [-0.25, -0.2) is 13.2 Å². The molecule has 2 atom stereocenters. The van der Waals surface area contributed by atoms with E-state index in [1.807, 2.05) is 0 Å². The van der Waals surface area contributed by atoms with E-state index in [1.54, 1.807) is 13.8 Å². The van der Waals surface area contributed by atoms with Crippen LogP contribution in [0.1, 0.15) is 25.3 Å². The van der Waals surface area contributed by atoms with E-state index in [9.17, 15) is 13.2 Å². The summed E-state index contributed by atoms with van der Waals surface area (Å²) in [5.74, 6) is -2.74. The van der Waals surface area contributed by atoms with Crippen LogP contribution in [-0.2, 0) is 0 Å². The van der Waals surface area contributed by atoms with E-state index >= 15 is 0 Å². The van der Waals surface area contributed by atoms with E-state index < -0.39 is 17.5 Å². The van der Waals surface area contributed by atoms with E-state index in [1.165, 1.54) is 0 Å². The summed E-state index contributed by atoms with van der Waals surface area (Å²) in [4.78, 5) is 0. The van der Waals surface area contributed by atoms with Crippen molar-refractivity contribution in [1.29, 1.82) is 0 Å². The average Bonchev–Trinajstić information content (AvgIpc) is 2.14. The largest absolute Gasteiger partial charge is 0.207 e. The Hall–Kier alpha value is -0.700. The van der Waals surface area contributed by atoms with Crippen molar-refractivity contribution in [3.8, 4) is 0 Å². The quantitative estimate of drug-likeness (QED) is 0.694. The maximum absolute atomic E-state index is 13.3. The van der Waals surface area contributed by atoms with Crippen LogP contribution >= 0.6 is 11.6 Å². The van der Waals surface area contributed by atoms with Gasteiger partial charge in [-0.2, -0.15) is 0 Å². The highest BCUT2D eigenvalue weighted by molar-refractivity contribution is 6.18. The molecule has 0 amide bonds. The fourth-order valence-corrected chi connectivity index (χ4v) is 1.67. The molecule has 0 heterocycles. The number of alkyl halides is 1. The molecular weight excluding hydrogens is 225 g/mol. The van der Waals surface area contributed by atoms with Gasteiger partial charge in [0.25, 0.3) is 0 Å². The van der Waals surface area contributed by atoms with Crippen molar-refractivity contribution >= 4 is 11.6 Å². The normalized spacial score (nSPS) is 15.1. The zero-order valence-electron chi connectivity index (χ0n) is 8.53. The van der Waals surface area contributed by atoms with E-state index in [4.69, 9.17) is 11.6 Å². The Labute approximate surface area is 92.1 Å². The molecule has 1 aromatic rings. The predicted molar refractivity (Wildman–Crippen MR) is 54.6 cm³/mol. The van der Waals surface area contributed by atoms with Gasteiger partial charge in [-0.15, -0.1) is 11.6 Å². The smallest absolute Gasteiger partial charge is 0.132 e. The first-order chi connectivity index (χ1) is 6.97. The number of hydrogen-bond donors (Lipinski definition) is 0. The van der Waals surface area contributed by atoms with Gasteiger partial charge in [0.1, 0.15) is 17.5 Å². The van der Waals surface area contributed by atoms with Gasteiger partial charge in [-0.3, -0.25) is 0 Å². The maximum Gasteiger partial charge on any atom is 0.132 e. The van der Waals surface area contributed by atoms with Crippen molar-refractivity contribution in [2.24, 2.45) is 5.92 Å². The Kier molecular flexibility index (Phi) is 4.03. The molecule has 1 unspecified atom stereocenters. The van der Waals surface area contributed by atoms with Crippen LogP contribution in [-0.4, -0.2) is 5.88 Å². The van der Waals surface area contributed by atoms with Crippen LogP contribution in [0.5, 0.6) is 0 Å². The number of halogens is 4. The minimum absolute atomic E-state index is 0.0684. The summed E-state index contributed by atoms with van der Waals surface area (Å²) >= 11 is 5.61. The second kappa shape index (κ2) is 4.88. The van der Waals surface area contributed by atoms with Crippen LogP contribution < -0.4 is 0 Å². The van der Waals surface area contributed by atoms with Gasteiger partial charge in [0.15, 0.2) is 0 Å². The zero-order chi connectivity index (χ0) is 11.6. The number of rotatable bonds is 3. The lowest BCUT2D eigenvalue weighted by molar-refractivity contribution is 0.461. The summed E-state index contributed by atoms with van der Waals surface area (Å²) < 4.78 is 39.3. The molecule has 0 N–H and O–H groups in total. The monoisotopic (exact) mass is 236 g/mol. The first-order valence-corrected chi connectivity index (χ1v) is 5.21. The molecule has 15 heavy (non-hydrogen) atoms. The minimum atomic E-state index is -0.903. The van der Waals surface area contributed by atoms with Gasteiger partial charge in [-0.05, 0) is 11.8 Å². The first kappa shape index (κ1) is 12.4. The summed E-state index contributed by atoms with van der Waals surface area (Å²) in [5.41, 5.74) is -0.0930. The van der Waals surface area contributed by atoms with E-state index in [0.717, 1.165) is 0 Å². The van der Waals surface area contributed by atoms with Crippen LogP contribution in [0.4, 0.5) is 13.2 Å². The maximum atomic E-state index is 13.3. The molecule has 0 aliphatic carbocycles. The standard InChI is InChI=1S/C11H12ClF3/c1-6(5-12)7(2)11-9(14)3-8(13)4-10(11)15/h3-4,6-7H,5H2,1-2H3/t6?,7-/m1/s1. The third kappa shape index (κ3) is 2.65. The Bertz CT molecular complexity index is 329. The van der Waals surface area contributed by atoms with Gasteiger partial charge in [0, 0.05) is 23.6 Å².